The Balaban J connectivity index is 1.79. The Labute approximate surface area is 132 Å². The second-order valence-electron chi connectivity index (χ2n) is 5.20. The van der Waals surface area contributed by atoms with E-state index in [4.69, 9.17) is 16.7 Å². The molecule has 1 aliphatic heterocycles. The van der Waals surface area contributed by atoms with E-state index < -0.39 is 17.8 Å². The molecule has 22 heavy (non-hydrogen) atoms. The third-order valence-electron chi connectivity index (χ3n) is 3.40. The second kappa shape index (κ2) is 7.42. The number of carboxylic acid groups (broad SMARTS) is 1. The van der Waals surface area contributed by atoms with Crippen LogP contribution in [-0.2, 0) is 4.79 Å². The lowest BCUT2D eigenvalue weighted by Gasteiger charge is -2.31. The number of nitrogens with zero attached hydrogens (tertiary/aromatic N) is 1. The van der Waals surface area contributed by atoms with Crippen molar-refractivity contribution in [2.45, 2.75) is 18.9 Å². The van der Waals surface area contributed by atoms with E-state index in [-0.39, 0.29) is 23.3 Å². The van der Waals surface area contributed by atoms with Gasteiger partial charge in [0, 0.05) is 29.8 Å². The van der Waals surface area contributed by atoms with E-state index in [2.05, 4.69) is 10.6 Å². The minimum Gasteiger partial charge on any atom is -0.480 e. The van der Waals surface area contributed by atoms with Crippen molar-refractivity contribution in [3.63, 3.8) is 0 Å². The molecule has 3 N–H and O–H groups in total. The van der Waals surface area contributed by atoms with Gasteiger partial charge in [-0.2, -0.15) is 0 Å². The number of aliphatic carboxylic acids is 1. The number of piperidine rings is 1. The van der Waals surface area contributed by atoms with E-state index in [1.807, 2.05) is 4.90 Å². The maximum absolute atomic E-state index is 13.2. The highest BCUT2D eigenvalue weighted by Crippen LogP contribution is 2.18. The smallest absolute Gasteiger partial charge is 0.319 e. The van der Waals surface area contributed by atoms with Gasteiger partial charge in [0.05, 0.1) is 6.54 Å². The third-order valence-corrected chi connectivity index (χ3v) is 3.62. The van der Waals surface area contributed by atoms with Crippen LogP contribution in [0.5, 0.6) is 0 Å². The summed E-state index contributed by atoms with van der Waals surface area (Å²) < 4.78 is 13.2. The van der Waals surface area contributed by atoms with Crippen molar-refractivity contribution < 1.29 is 19.1 Å². The number of carbonyl (C=O) groups is 2. The first-order valence-electron chi connectivity index (χ1n) is 6.90. The van der Waals surface area contributed by atoms with Crippen molar-refractivity contribution in [3.05, 3.63) is 29.0 Å². The number of nitrogens with one attached hydrogen (secondary N) is 2. The summed E-state index contributed by atoms with van der Waals surface area (Å²) in [5, 5.41) is 14.3. The molecular weight excluding hydrogens is 313 g/mol. The Morgan fingerprint density at radius 3 is 2.59 bits per heavy atom. The Kier molecular flexibility index (Phi) is 5.57. The molecule has 0 spiro atoms. The first-order valence-corrected chi connectivity index (χ1v) is 7.28. The number of urea groups is 1. The number of hydrogen-bond acceptors (Lipinski definition) is 3. The van der Waals surface area contributed by atoms with Gasteiger partial charge in [-0.25, -0.2) is 9.18 Å². The zero-order valence-electron chi connectivity index (χ0n) is 11.8. The Morgan fingerprint density at radius 2 is 2.00 bits per heavy atom. The second-order valence-corrected chi connectivity index (χ2v) is 5.64. The lowest BCUT2D eigenvalue weighted by molar-refractivity contribution is -0.138. The largest absolute Gasteiger partial charge is 0.480 e. The average molecular weight is 330 g/mol. The summed E-state index contributed by atoms with van der Waals surface area (Å²) in [7, 11) is 0. The molecule has 8 heteroatoms. The molecule has 0 unspecified atom stereocenters. The number of amides is 2. The molecule has 120 valence electrons. The van der Waals surface area contributed by atoms with Crippen molar-refractivity contribution in [3.8, 4) is 0 Å². The van der Waals surface area contributed by atoms with Crippen LogP contribution in [0.3, 0.4) is 0 Å². The monoisotopic (exact) mass is 329 g/mol. The number of rotatable bonds is 4. The lowest BCUT2D eigenvalue weighted by atomic mass is 10.1. The van der Waals surface area contributed by atoms with Crippen LogP contribution in [0.2, 0.25) is 5.02 Å². The van der Waals surface area contributed by atoms with Crippen LogP contribution in [0.25, 0.3) is 0 Å². The Hall–Kier alpha value is -1.86. The number of hydrogen-bond donors (Lipinski definition) is 3. The lowest BCUT2D eigenvalue weighted by Crippen LogP contribution is -2.47. The molecule has 6 nitrogen and oxygen atoms in total. The summed E-state index contributed by atoms with van der Waals surface area (Å²) in [6, 6.07) is 3.33. The molecule has 0 radical (unpaired) electrons. The first-order chi connectivity index (χ1) is 10.4. The van der Waals surface area contributed by atoms with Crippen LogP contribution in [0.15, 0.2) is 18.2 Å². The molecule has 1 aliphatic rings. The number of likely N-dealkylation sites (tertiary alicyclic amines) is 1. The number of halogens is 2. The fourth-order valence-electron chi connectivity index (χ4n) is 2.41. The van der Waals surface area contributed by atoms with E-state index in [1.54, 1.807) is 0 Å². The topological polar surface area (TPSA) is 81.7 Å². The molecule has 2 rings (SSSR count). The maximum atomic E-state index is 13.2. The number of anilines is 1. The standard InChI is InChI=1S/C14H17ClFN3O3/c15-9-5-10(16)7-12(6-9)18-14(22)17-11-1-3-19(4-2-11)8-13(20)21/h5-7,11H,1-4,8H2,(H,20,21)(H2,17,18,22). The molecule has 1 aromatic carbocycles. The van der Waals surface area contributed by atoms with Gasteiger partial charge in [0.25, 0.3) is 0 Å². The van der Waals surface area contributed by atoms with Crippen LogP contribution in [0.1, 0.15) is 12.8 Å². The predicted molar refractivity (Wildman–Crippen MR) is 80.7 cm³/mol. The number of carboxylic acids is 1. The highest BCUT2D eigenvalue weighted by Gasteiger charge is 2.21. The maximum Gasteiger partial charge on any atom is 0.319 e. The molecule has 0 atom stereocenters. The predicted octanol–water partition coefficient (Wildman–Crippen LogP) is 2.15. The highest BCUT2D eigenvalue weighted by atomic mass is 35.5. The quantitative estimate of drug-likeness (QED) is 0.790. The van der Waals surface area contributed by atoms with Crippen LogP contribution in [0.4, 0.5) is 14.9 Å². The minimum absolute atomic E-state index is 0.0146. The summed E-state index contributed by atoms with van der Waals surface area (Å²) >= 11 is 5.72. The normalized spacial score (nSPS) is 16.3. The van der Waals surface area contributed by atoms with Crippen LogP contribution < -0.4 is 10.6 Å². The van der Waals surface area contributed by atoms with Crippen molar-refractivity contribution in [2.24, 2.45) is 0 Å². The average Bonchev–Trinajstić information content (AvgIpc) is 2.39. The first kappa shape index (κ1) is 16.5. The van der Waals surface area contributed by atoms with Crippen molar-refractivity contribution >= 4 is 29.3 Å². The SMILES string of the molecule is O=C(O)CN1CCC(NC(=O)Nc2cc(F)cc(Cl)c2)CC1. The van der Waals surface area contributed by atoms with Crippen LogP contribution in [0, 0.1) is 5.82 Å². The fraction of sp³-hybridized carbons (Fsp3) is 0.429. The Morgan fingerprint density at radius 1 is 1.32 bits per heavy atom. The van der Waals surface area contributed by atoms with E-state index in [9.17, 15) is 14.0 Å². The summed E-state index contributed by atoms with van der Waals surface area (Å²) in [6.45, 7) is 1.24. The van der Waals surface area contributed by atoms with Crippen molar-refractivity contribution in [1.82, 2.24) is 10.2 Å². The summed E-state index contributed by atoms with van der Waals surface area (Å²) in [4.78, 5) is 24.3. The van der Waals surface area contributed by atoms with Crippen LogP contribution in [-0.4, -0.2) is 47.7 Å². The number of carbonyl (C=O) groups excluding carboxylic acids is 1. The number of benzene rings is 1. The molecule has 0 saturated carbocycles. The van der Waals surface area contributed by atoms with Gasteiger partial charge >= 0.3 is 12.0 Å². The summed E-state index contributed by atoms with van der Waals surface area (Å²) in [5.41, 5.74) is 0.283. The summed E-state index contributed by atoms with van der Waals surface area (Å²) in [6.07, 6.45) is 1.34. The van der Waals surface area contributed by atoms with Gasteiger partial charge in [0.1, 0.15) is 5.82 Å². The Bertz CT molecular complexity index is 542. The van der Waals surface area contributed by atoms with Gasteiger partial charge in [-0.1, -0.05) is 11.6 Å². The molecule has 0 bridgehead atoms. The zero-order valence-corrected chi connectivity index (χ0v) is 12.6. The van der Waals surface area contributed by atoms with Crippen molar-refractivity contribution in [2.75, 3.05) is 25.0 Å². The molecule has 1 saturated heterocycles. The van der Waals surface area contributed by atoms with Gasteiger partial charge in [-0.05, 0) is 31.0 Å². The minimum atomic E-state index is -0.855. The van der Waals surface area contributed by atoms with Crippen molar-refractivity contribution in [1.29, 1.82) is 0 Å². The van der Waals surface area contributed by atoms with E-state index in [1.165, 1.54) is 12.1 Å². The molecule has 1 aromatic rings. The fourth-order valence-corrected chi connectivity index (χ4v) is 2.63. The molecular formula is C14H17ClFN3O3. The molecule has 0 aromatic heterocycles. The molecule has 0 aliphatic carbocycles. The highest BCUT2D eigenvalue weighted by molar-refractivity contribution is 6.30. The third kappa shape index (κ3) is 5.16. The van der Waals surface area contributed by atoms with Gasteiger partial charge in [-0.3, -0.25) is 9.69 Å². The van der Waals surface area contributed by atoms with E-state index in [0.29, 0.717) is 25.9 Å². The molecule has 1 heterocycles. The van der Waals surface area contributed by atoms with Crippen LogP contribution >= 0.6 is 11.6 Å². The summed E-state index contributed by atoms with van der Waals surface area (Å²) in [5.74, 6) is -1.38. The van der Waals surface area contributed by atoms with Gasteiger partial charge in [0.2, 0.25) is 0 Å². The van der Waals surface area contributed by atoms with E-state index >= 15 is 0 Å². The van der Waals surface area contributed by atoms with Gasteiger partial charge in [-0.15, -0.1) is 0 Å². The molecule has 1 fully saturated rings. The van der Waals surface area contributed by atoms with E-state index in [0.717, 1.165) is 6.07 Å². The van der Waals surface area contributed by atoms with Gasteiger partial charge < -0.3 is 15.7 Å². The zero-order chi connectivity index (χ0) is 16.1. The molecule has 2 amide bonds. The van der Waals surface area contributed by atoms with Gasteiger partial charge in [0.15, 0.2) is 0 Å².